The zero-order valence-electron chi connectivity index (χ0n) is 14.5. The molecule has 0 saturated carbocycles. The van der Waals surface area contributed by atoms with Gasteiger partial charge in [0.15, 0.2) is 0 Å². The standard InChI is InChI=1S/C19H17BrClN3O3/c1-24-16-10-13(20)9-14(21)17(16)22-8-7-15(18(24)25)23-19(26)27-11-12-5-3-2-4-6-12/h2-6,8-10,15H,7,11H2,1H3,(H,23,26). The fraction of sp³-hybridized carbons (Fsp3) is 0.211. The smallest absolute Gasteiger partial charge is 0.408 e. The number of benzene rings is 2. The maximum Gasteiger partial charge on any atom is 0.408 e. The zero-order chi connectivity index (χ0) is 19.4. The SMILES string of the molecule is CN1C(=O)C(NC(=O)OCc2ccccc2)CC=Nc2c(Cl)cc(Br)cc21. The first kappa shape index (κ1) is 19.4. The normalized spacial score (nSPS) is 16.3. The third kappa shape index (κ3) is 4.67. The number of hydrogen-bond acceptors (Lipinski definition) is 4. The van der Waals surface area contributed by atoms with Gasteiger partial charge >= 0.3 is 6.09 Å². The largest absolute Gasteiger partial charge is 0.445 e. The summed E-state index contributed by atoms with van der Waals surface area (Å²) in [6, 6.07) is 12.0. The number of amides is 2. The molecule has 27 heavy (non-hydrogen) atoms. The summed E-state index contributed by atoms with van der Waals surface area (Å²) in [5.74, 6) is -0.284. The number of nitrogens with one attached hydrogen (secondary N) is 1. The average molecular weight is 451 g/mol. The van der Waals surface area contributed by atoms with Crippen LogP contribution in [0.1, 0.15) is 12.0 Å². The number of rotatable bonds is 3. The van der Waals surface area contributed by atoms with Crippen LogP contribution in [0.3, 0.4) is 0 Å². The molecule has 1 N–H and O–H groups in total. The highest BCUT2D eigenvalue weighted by atomic mass is 79.9. The number of carbonyl (C=O) groups excluding carboxylic acids is 2. The molecule has 1 heterocycles. The maximum atomic E-state index is 12.8. The predicted octanol–water partition coefficient (Wildman–Crippen LogP) is 4.47. The molecule has 1 aliphatic heterocycles. The minimum absolute atomic E-state index is 0.128. The van der Waals surface area contributed by atoms with Crippen molar-refractivity contribution in [3.8, 4) is 0 Å². The third-order valence-electron chi connectivity index (χ3n) is 4.06. The number of alkyl carbamates (subject to hydrolysis) is 1. The van der Waals surface area contributed by atoms with E-state index in [4.69, 9.17) is 16.3 Å². The lowest BCUT2D eigenvalue weighted by molar-refractivity contribution is -0.120. The predicted molar refractivity (Wildman–Crippen MR) is 109 cm³/mol. The Morgan fingerprint density at radius 2 is 2.11 bits per heavy atom. The van der Waals surface area contributed by atoms with Crippen LogP contribution in [0.4, 0.5) is 16.2 Å². The molecule has 8 heteroatoms. The van der Waals surface area contributed by atoms with Gasteiger partial charge in [0.05, 0.1) is 10.7 Å². The Kier molecular flexibility index (Phi) is 6.13. The van der Waals surface area contributed by atoms with Crippen molar-refractivity contribution in [2.45, 2.75) is 19.1 Å². The number of hydrogen-bond donors (Lipinski definition) is 1. The first-order chi connectivity index (χ1) is 13.0. The first-order valence-corrected chi connectivity index (χ1v) is 9.39. The van der Waals surface area contributed by atoms with Crippen molar-refractivity contribution in [2.75, 3.05) is 11.9 Å². The number of aliphatic imine (C=N–C) groups is 1. The van der Waals surface area contributed by atoms with Crippen LogP contribution in [0, 0.1) is 0 Å². The van der Waals surface area contributed by atoms with Gasteiger partial charge < -0.3 is 15.0 Å². The maximum absolute atomic E-state index is 12.8. The summed E-state index contributed by atoms with van der Waals surface area (Å²) in [4.78, 5) is 30.7. The fourth-order valence-corrected chi connectivity index (χ4v) is 3.51. The average Bonchev–Trinajstić information content (AvgIpc) is 2.65. The summed E-state index contributed by atoms with van der Waals surface area (Å²) >= 11 is 9.60. The van der Waals surface area contributed by atoms with Gasteiger partial charge in [0.25, 0.3) is 0 Å². The second-order valence-corrected chi connectivity index (χ2v) is 7.28. The molecule has 0 saturated heterocycles. The third-order valence-corrected chi connectivity index (χ3v) is 4.81. The van der Waals surface area contributed by atoms with E-state index in [1.54, 1.807) is 25.4 Å². The van der Waals surface area contributed by atoms with E-state index in [0.29, 0.717) is 16.4 Å². The van der Waals surface area contributed by atoms with Crippen LogP contribution < -0.4 is 10.2 Å². The molecule has 0 spiro atoms. The number of fused-ring (bicyclic) bond motifs is 1. The Bertz CT molecular complexity index is 889. The van der Waals surface area contributed by atoms with Crippen LogP contribution in [0.5, 0.6) is 0 Å². The van der Waals surface area contributed by atoms with Gasteiger partial charge in [0.1, 0.15) is 18.3 Å². The van der Waals surface area contributed by atoms with Gasteiger partial charge in [-0.25, -0.2) is 4.79 Å². The van der Waals surface area contributed by atoms with Crippen molar-refractivity contribution in [1.82, 2.24) is 5.32 Å². The van der Waals surface area contributed by atoms with Gasteiger partial charge in [0, 0.05) is 24.2 Å². The number of ether oxygens (including phenoxy) is 1. The molecule has 2 aromatic rings. The monoisotopic (exact) mass is 449 g/mol. The highest BCUT2D eigenvalue weighted by molar-refractivity contribution is 9.10. The Morgan fingerprint density at radius 3 is 2.85 bits per heavy atom. The number of anilines is 1. The molecular weight excluding hydrogens is 434 g/mol. The zero-order valence-corrected chi connectivity index (χ0v) is 16.8. The molecule has 140 valence electrons. The molecule has 2 aromatic carbocycles. The van der Waals surface area contributed by atoms with E-state index >= 15 is 0 Å². The first-order valence-electron chi connectivity index (χ1n) is 8.22. The highest BCUT2D eigenvalue weighted by Crippen LogP contribution is 2.39. The quantitative estimate of drug-likeness (QED) is 0.750. The molecule has 0 aliphatic carbocycles. The Labute approximate surface area is 170 Å². The van der Waals surface area contributed by atoms with Crippen molar-refractivity contribution < 1.29 is 14.3 Å². The number of halogens is 2. The Morgan fingerprint density at radius 1 is 1.37 bits per heavy atom. The molecule has 1 aliphatic rings. The number of likely N-dealkylation sites (N-methyl/N-ethyl adjacent to an activating group) is 1. The molecule has 0 radical (unpaired) electrons. The van der Waals surface area contributed by atoms with Crippen molar-refractivity contribution >= 4 is 57.1 Å². The summed E-state index contributed by atoms with van der Waals surface area (Å²) in [5, 5.41) is 3.04. The lowest BCUT2D eigenvalue weighted by Crippen LogP contribution is -2.48. The Balaban J connectivity index is 1.71. The van der Waals surface area contributed by atoms with E-state index in [9.17, 15) is 9.59 Å². The molecule has 2 amide bonds. The van der Waals surface area contributed by atoms with Crippen molar-refractivity contribution in [2.24, 2.45) is 4.99 Å². The summed E-state index contributed by atoms with van der Waals surface area (Å²) in [6.07, 6.45) is 1.15. The van der Waals surface area contributed by atoms with Crippen LogP contribution in [0.15, 0.2) is 51.9 Å². The molecule has 6 nitrogen and oxygen atoms in total. The van der Waals surface area contributed by atoms with Crippen LogP contribution in [-0.4, -0.2) is 31.3 Å². The van der Waals surface area contributed by atoms with E-state index in [0.717, 1.165) is 10.0 Å². The van der Waals surface area contributed by atoms with E-state index < -0.39 is 12.1 Å². The topological polar surface area (TPSA) is 71.0 Å². The fourth-order valence-electron chi connectivity index (χ4n) is 2.67. The second kappa shape index (κ2) is 8.54. The molecule has 1 atom stereocenters. The lowest BCUT2D eigenvalue weighted by Gasteiger charge is -2.27. The molecule has 0 aromatic heterocycles. The van der Waals surface area contributed by atoms with Gasteiger partial charge in [-0.15, -0.1) is 0 Å². The number of nitrogens with zero attached hydrogens (tertiary/aromatic N) is 2. The molecule has 1 unspecified atom stereocenters. The van der Waals surface area contributed by atoms with Crippen LogP contribution >= 0.6 is 27.5 Å². The van der Waals surface area contributed by atoms with Gasteiger partial charge in [-0.05, 0) is 17.7 Å². The molecule has 0 fully saturated rings. The summed E-state index contributed by atoms with van der Waals surface area (Å²) in [7, 11) is 1.62. The van der Waals surface area contributed by atoms with Gasteiger partial charge in [0.2, 0.25) is 5.91 Å². The van der Waals surface area contributed by atoms with E-state index in [-0.39, 0.29) is 18.9 Å². The van der Waals surface area contributed by atoms with E-state index in [1.165, 1.54) is 4.90 Å². The Hall–Kier alpha value is -2.38. The van der Waals surface area contributed by atoms with Crippen molar-refractivity contribution in [1.29, 1.82) is 0 Å². The summed E-state index contributed by atoms with van der Waals surface area (Å²) in [6.45, 7) is 0.128. The van der Waals surface area contributed by atoms with Gasteiger partial charge in [-0.1, -0.05) is 57.9 Å². The van der Waals surface area contributed by atoms with E-state index in [1.807, 2.05) is 30.3 Å². The summed E-state index contributed by atoms with van der Waals surface area (Å²) in [5.41, 5.74) is 1.93. The lowest BCUT2D eigenvalue weighted by atomic mass is 10.1. The summed E-state index contributed by atoms with van der Waals surface area (Å²) < 4.78 is 5.93. The second-order valence-electron chi connectivity index (χ2n) is 5.96. The van der Waals surface area contributed by atoms with Crippen LogP contribution in [-0.2, 0) is 16.1 Å². The highest BCUT2D eigenvalue weighted by Gasteiger charge is 2.28. The van der Waals surface area contributed by atoms with Crippen LogP contribution in [0.2, 0.25) is 5.02 Å². The minimum atomic E-state index is -0.784. The van der Waals surface area contributed by atoms with E-state index in [2.05, 4.69) is 26.2 Å². The van der Waals surface area contributed by atoms with Gasteiger partial charge in [-0.2, -0.15) is 0 Å². The molecular formula is C19H17BrClN3O3. The molecule has 0 bridgehead atoms. The van der Waals surface area contributed by atoms with Crippen LogP contribution in [0.25, 0.3) is 0 Å². The van der Waals surface area contributed by atoms with Crippen molar-refractivity contribution in [3.63, 3.8) is 0 Å². The van der Waals surface area contributed by atoms with Gasteiger partial charge in [-0.3, -0.25) is 9.79 Å². The minimum Gasteiger partial charge on any atom is -0.445 e. The van der Waals surface area contributed by atoms with Crippen molar-refractivity contribution in [3.05, 3.63) is 57.5 Å². The number of carbonyl (C=O) groups is 2. The molecule has 3 rings (SSSR count).